The Kier molecular flexibility index (Phi) is 3.22. The van der Waals surface area contributed by atoms with Crippen molar-refractivity contribution in [2.24, 2.45) is 16.7 Å². The summed E-state index contributed by atoms with van der Waals surface area (Å²) in [4.78, 5) is 4.10. The van der Waals surface area contributed by atoms with E-state index < -0.39 is 10.0 Å². The summed E-state index contributed by atoms with van der Waals surface area (Å²) < 4.78 is 27.9. The standard InChI is InChI=1S/C19H26N2O2S/c22-24(23,13-15-11-18(12-15)5-1-6-18)21-14-19(7-2-8-19)17(21)16-3-9-20-10-4-16/h3-4,9-10,15,17H,1-2,5-8,11-14H2/t17-/m1/s1. The van der Waals surface area contributed by atoms with Gasteiger partial charge >= 0.3 is 0 Å². The Morgan fingerprint density at radius 3 is 2.29 bits per heavy atom. The Balaban J connectivity index is 1.33. The van der Waals surface area contributed by atoms with Gasteiger partial charge in [-0.15, -0.1) is 0 Å². The lowest BCUT2D eigenvalue weighted by Gasteiger charge is -2.62. The molecule has 2 spiro atoms. The zero-order chi connectivity index (χ0) is 16.4. The number of hydrogen-bond acceptors (Lipinski definition) is 3. The van der Waals surface area contributed by atoms with Gasteiger partial charge in [0.25, 0.3) is 0 Å². The molecule has 5 rings (SSSR count). The third-order valence-corrected chi connectivity index (χ3v) is 9.32. The molecule has 0 N–H and O–H groups in total. The topological polar surface area (TPSA) is 50.3 Å². The maximum Gasteiger partial charge on any atom is 0.214 e. The number of pyridine rings is 1. The Labute approximate surface area is 144 Å². The summed E-state index contributed by atoms with van der Waals surface area (Å²) in [5, 5.41) is 0. The van der Waals surface area contributed by atoms with Gasteiger partial charge < -0.3 is 0 Å². The van der Waals surface area contributed by atoms with Crippen LogP contribution in [0.25, 0.3) is 0 Å². The van der Waals surface area contributed by atoms with Gasteiger partial charge in [0.05, 0.1) is 11.8 Å². The molecule has 3 saturated carbocycles. The van der Waals surface area contributed by atoms with Crippen molar-refractivity contribution in [3.8, 4) is 0 Å². The van der Waals surface area contributed by atoms with Gasteiger partial charge in [-0.25, -0.2) is 8.42 Å². The van der Waals surface area contributed by atoms with Crippen molar-refractivity contribution in [3.63, 3.8) is 0 Å². The van der Waals surface area contributed by atoms with E-state index in [1.54, 1.807) is 12.4 Å². The van der Waals surface area contributed by atoms with Crippen LogP contribution in [0.5, 0.6) is 0 Å². The van der Waals surface area contributed by atoms with Crippen LogP contribution < -0.4 is 0 Å². The molecule has 1 aliphatic heterocycles. The van der Waals surface area contributed by atoms with Crippen LogP contribution >= 0.6 is 0 Å². The van der Waals surface area contributed by atoms with E-state index in [1.807, 2.05) is 16.4 Å². The minimum Gasteiger partial charge on any atom is -0.265 e. The van der Waals surface area contributed by atoms with E-state index in [-0.39, 0.29) is 11.5 Å². The number of hydrogen-bond donors (Lipinski definition) is 0. The molecule has 0 radical (unpaired) electrons. The molecule has 2 heterocycles. The summed E-state index contributed by atoms with van der Waals surface area (Å²) in [5.74, 6) is 0.762. The van der Waals surface area contributed by atoms with Crippen LogP contribution in [-0.2, 0) is 10.0 Å². The smallest absolute Gasteiger partial charge is 0.214 e. The van der Waals surface area contributed by atoms with Crippen LogP contribution in [-0.4, -0.2) is 30.0 Å². The highest BCUT2D eigenvalue weighted by Gasteiger charge is 2.60. The summed E-state index contributed by atoms with van der Waals surface area (Å²) in [6.07, 6.45) is 13.4. The minimum atomic E-state index is -3.15. The van der Waals surface area contributed by atoms with Crippen molar-refractivity contribution in [1.29, 1.82) is 0 Å². The molecule has 3 aliphatic carbocycles. The largest absolute Gasteiger partial charge is 0.265 e. The van der Waals surface area contributed by atoms with Crippen molar-refractivity contribution >= 4 is 10.0 Å². The zero-order valence-corrected chi connectivity index (χ0v) is 15.0. The minimum absolute atomic E-state index is 0.0528. The molecule has 1 aromatic heterocycles. The van der Waals surface area contributed by atoms with E-state index in [0.717, 1.165) is 24.9 Å². The fourth-order valence-corrected chi connectivity index (χ4v) is 7.97. The van der Waals surface area contributed by atoms with Gasteiger partial charge in [0.1, 0.15) is 0 Å². The summed E-state index contributed by atoms with van der Waals surface area (Å²) in [5.41, 5.74) is 1.89. The predicted molar refractivity (Wildman–Crippen MR) is 92.8 cm³/mol. The second-order valence-electron chi connectivity index (χ2n) is 8.85. The van der Waals surface area contributed by atoms with Gasteiger partial charge in [0, 0.05) is 24.4 Å². The van der Waals surface area contributed by atoms with Gasteiger partial charge in [-0.3, -0.25) is 4.98 Å². The number of rotatable bonds is 4. The molecule has 4 aliphatic rings. The van der Waals surface area contributed by atoms with Crippen LogP contribution in [0.1, 0.15) is 63.0 Å². The Morgan fingerprint density at radius 1 is 1.08 bits per heavy atom. The number of nitrogens with zero attached hydrogens (tertiary/aromatic N) is 2. The first kappa shape index (κ1) is 15.3. The second-order valence-corrected chi connectivity index (χ2v) is 10.8. The molecule has 130 valence electrons. The monoisotopic (exact) mass is 346 g/mol. The summed E-state index contributed by atoms with van der Waals surface area (Å²) in [6.45, 7) is 0.736. The van der Waals surface area contributed by atoms with Crippen LogP contribution in [0.2, 0.25) is 0 Å². The second kappa shape index (κ2) is 5.04. The summed E-state index contributed by atoms with van der Waals surface area (Å²) >= 11 is 0. The van der Waals surface area contributed by atoms with Crippen molar-refractivity contribution in [3.05, 3.63) is 30.1 Å². The number of sulfonamides is 1. The fourth-order valence-electron chi connectivity index (χ4n) is 5.83. The molecule has 0 bridgehead atoms. The first-order valence-electron chi connectivity index (χ1n) is 9.42. The van der Waals surface area contributed by atoms with Gasteiger partial charge in [0.15, 0.2) is 0 Å². The molecule has 1 saturated heterocycles. The van der Waals surface area contributed by atoms with Crippen LogP contribution in [0.3, 0.4) is 0 Å². The van der Waals surface area contributed by atoms with Crippen LogP contribution in [0, 0.1) is 16.7 Å². The molecule has 1 atom stereocenters. The van der Waals surface area contributed by atoms with Crippen molar-refractivity contribution in [2.75, 3.05) is 12.3 Å². The lowest BCUT2D eigenvalue weighted by atomic mass is 9.52. The zero-order valence-electron chi connectivity index (χ0n) is 14.2. The maximum atomic E-state index is 13.1. The molecule has 24 heavy (non-hydrogen) atoms. The Hall–Kier alpha value is -0.940. The first-order valence-corrected chi connectivity index (χ1v) is 11.0. The quantitative estimate of drug-likeness (QED) is 0.838. The average molecular weight is 346 g/mol. The lowest BCUT2D eigenvalue weighted by Crippen LogP contribution is -2.64. The van der Waals surface area contributed by atoms with Crippen LogP contribution in [0.4, 0.5) is 0 Å². The third kappa shape index (κ3) is 2.13. The highest BCUT2D eigenvalue weighted by molar-refractivity contribution is 7.89. The Bertz CT molecular complexity index is 730. The molecular weight excluding hydrogens is 320 g/mol. The summed E-state index contributed by atoms with van der Waals surface area (Å²) in [6, 6.07) is 4.05. The van der Waals surface area contributed by atoms with E-state index in [0.29, 0.717) is 17.1 Å². The molecule has 0 aromatic carbocycles. The normalized spacial score (nSPS) is 31.1. The van der Waals surface area contributed by atoms with Gasteiger partial charge in [-0.05, 0) is 67.6 Å². The van der Waals surface area contributed by atoms with Crippen molar-refractivity contribution < 1.29 is 8.42 Å². The molecule has 4 nitrogen and oxygen atoms in total. The van der Waals surface area contributed by atoms with E-state index in [9.17, 15) is 8.42 Å². The average Bonchev–Trinajstić information content (AvgIpc) is 2.38. The number of aromatic nitrogens is 1. The van der Waals surface area contributed by atoms with Crippen LogP contribution in [0.15, 0.2) is 24.5 Å². The highest BCUT2D eigenvalue weighted by atomic mass is 32.2. The van der Waals surface area contributed by atoms with E-state index in [2.05, 4.69) is 4.98 Å². The highest BCUT2D eigenvalue weighted by Crippen LogP contribution is 2.62. The molecule has 0 amide bonds. The molecule has 1 aromatic rings. The van der Waals surface area contributed by atoms with Crippen molar-refractivity contribution in [2.45, 2.75) is 57.4 Å². The van der Waals surface area contributed by atoms with Crippen molar-refractivity contribution in [1.82, 2.24) is 9.29 Å². The Morgan fingerprint density at radius 2 is 1.75 bits per heavy atom. The van der Waals surface area contributed by atoms with Gasteiger partial charge in [0.2, 0.25) is 10.0 Å². The van der Waals surface area contributed by atoms with Gasteiger partial charge in [-0.1, -0.05) is 12.8 Å². The lowest BCUT2D eigenvalue weighted by molar-refractivity contribution is -0.0791. The maximum absolute atomic E-state index is 13.1. The first-order chi connectivity index (χ1) is 11.5. The van der Waals surface area contributed by atoms with E-state index in [1.165, 1.54) is 38.5 Å². The van der Waals surface area contributed by atoms with Gasteiger partial charge in [-0.2, -0.15) is 4.31 Å². The molecular formula is C19H26N2O2S. The SMILES string of the molecule is O=S(=O)(CC1CC2(CCC2)C1)N1CC2(CCC2)[C@H]1c1ccncc1. The predicted octanol–water partition coefficient (Wildman–Crippen LogP) is 3.52. The fraction of sp³-hybridized carbons (Fsp3) is 0.737. The van der Waals surface area contributed by atoms with E-state index in [4.69, 9.17) is 0 Å². The molecule has 5 heteroatoms. The third-order valence-electron chi connectivity index (χ3n) is 7.37. The van der Waals surface area contributed by atoms with E-state index >= 15 is 0 Å². The molecule has 0 unspecified atom stereocenters. The summed E-state index contributed by atoms with van der Waals surface area (Å²) in [7, 11) is -3.15. The molecule has 4 fully saturated rings.